The number of carbonyl (C=O) groups excluding carboxylic acids is 1. The first-order valence-electron chi connectivity index (χ1n) is 7.76. The molecule has 1 amide bonds. The molecule has 0 bridgehead atoms. The second-order valence-corrected chi connectivity index (χ2v) is 6.38. The van der Waals surface area contributed by atoms with E-state index in [1.807, 2.05) is 29.5 Å². The van der Waals surface area contributed by atoms with Crippen molar-refractivity contribution in [3.8, 4) is 10.8 Å². The van der Waals surface area contributed by atoms with Gasteiger partial charge in [-0.2, -0.15) is 0 Å². The Labute approximate surface area is 149 Å². The van der Waals surface area contributed by atoms with Crippen molar-refractivity contribution in [2.45, 2.75) is 13.1 Å². The molecule has 128 valence electrons. The van der Waals surface area contributed by atoms with Gasteiger partial charge in [-0.25, -0.2) is 15.0 Å². The molecule has 3 aromatic rings. The van der Waals surface area contributed by atoms with Gasteiger partial charge in [-0.3, -0.25) is 14.7 Å². The Balaban J connectivity index is 1.47. The summed E-state index contributed by atoms with van der Waals surface area (Å²) in [5.74, 6) is 0.554. The second-order valence-electron chi connectivity index (χ2n) is 5.53. The summed E-state index contributed by atoms with van der Waals surface area (Å²) in [6.45, 7) is 1.38. The van der Waals surface area contributed by atoms with Gasteiger partial charge in [-0.05, 0) is 24.7 Å². The average Bonchev–Trinajstić information content (AvgIpc) is 3.10. The summed E-state index contributed by atoms with van der Waals surface area (Å²) < 4.78 is 0. The summed E-state index contributed by atoms with van der Waals surface area (Å²) in [4.78, 5) is 30.9. The van der Waals surface area contributed by atoms with E-state index in [-0.39, 0.29) is 5.91 Å². The van der Waals surface area contributed by atoms with Crippen LogP contribution in [0, 0.1) is 0 Å². The lowest BCUT2D eigenvalue weighted by molar-refractivity contribution is -0.122. The van der Waals surface area contributed by atoms with E-state index in [1.54, 1.807) is 30.9 Å². The van der Waals surface area contributed by atoms with Crippen LogP contribution in [0.25, 0.3) is 10.8 Å². The van der Waals surface area contributed by atoms with Gasteiger partial charge in [0, 0.05) is 36.7 Å². The molecule has 0 aliphatic carbocycles. The highest BCUT2D eigenvalue weighted by Gasteiger charge is 2.10. The highest BCUT2D eigenvalue weighted by molar-refractivity contribution is 7.13. The maximum Gasteiger partial charge on any atom is 0.234 e. The Hall–Kier alpha value is -2.71. The fraction of sp³-hybridized carbons (Fsp3) is 0.235. The molecule has 0 radical (unpaired) electrons. The zero-order valence-corrected chi connectivity index (χ0v) is 14.6. The minimum absolute atomic E-state index is 0.0445. The van der Waals surface area contributed by atoms with Crippen molar-refractivity contribution in [3.05, 3.63) is 59.6 Å². The summed E-state index contributed by atoms with van der Waals surface area (Å²) in [5, 5.41) is 5.54. The molecule has 0 aromatic carbocycles. The van der Waals surface area contributed by atoms with E-state index in [2.05, 4.69) is 25.3 Å². The number of aromatic nitrogens is 4. The van der Waals surface area contributed by atoms with E-state index in [0.717, 1.165) is 16.3 Å². The summed E-state index contributed by atoms with van der Waals surface area (Å²) in [5.41, 5.74) is 1.88. The Morgan fingerprint density at radius 1 is 1.24 bits per heavy atom. The quantitative estimate of drug-likeness (QED) is 0.696. The number of rotatable bonds is 7. The predicted octanol–water partition coefficient (Wildman–Crippen LogP) is 1.74. The SMILES string of the molecule is CN(CC(=O)NCc1csc(-c2ncccn2)n1)Cc1cccnc1. The first-order chi connectivity index (χ1) is 12.2. The highest BCUT2D eigenvalue weighted by atomic mass is 32.1. The number of nitrogens with zero attached hydrogens (tertiary/aromatic N) is 5. The van der Waals surface area contributed by atoms with Gasteiger partial charge < -0.3 is 5.32 Å². The fourth-order valence-corrected chi connectivity index (χ4v) is 3.01. The minimum Gasteiger partial charge on any atom is -0.349 e. The number of carbonyl (C=O) groups is 1. The molecule has 0 atom stereocenters. The van der Waals surface area contributed by atoms with Gasteiger partial charge in [-0.15, -0.1) is 11.3 Å². The molecule has 0 saturated carbocycles. The molecular formula is C17H18N6OS. The fourth-order valence-electron chi connectivity index (χ4n) is 2.25. The third-order valence-corrected chi connectivity index (χ3v) is 4.25. The first kappa shape index (κ1) is 17.1. The maximum absolute atomic E-state index is 12.1. The monoisotopic (exact) mass is 354 g/mol. The summed E-state index contributed by atoms with van der Waals surface area (Å²) in [6.07, 6.45) is 6.90. The van der Waals surface area contributed by atoms with Crippen molar-refractivity contribution in [2.75, 3.05) is 13.6 Å². The van der Waals surface area contributed by atoms with E-state index < -0.39 is 0 Å². The Kier molecular flexibility index (Phi) is 5.76. The Bertz CT molecular complexity index is 808. The van der Waals surface area contributed by atoms with Crippen LogP contribution < -0.4 is 5.32 Å². The molecule has 0 aliphatic heterocycles. The number of hydrogen-bond donors (Lipinski definition) is 1. The minimum atomic E-state index is -0.0445. The van der Waals surface area contributed by atoms with Crippen LogP contribution in [0.4, 0.5) is 0 Å². The van der Waals surface area contributed by atoms with Gasteiger partial charge in [0.1, 0.15) is 0 Å². The van der Waals surface area contributed by atoms with Gasteiger partial charge in [-0.1, -0.05) is 6.07 Å². The van der Waals surface area contributed by atoms with Crippen LogP contribution in [0.1, 0.15) is 11.3 Å². The van der Waals surface area contributed by atoms with E-state index in [0.29, 0.717) is 25.5 Å². The molecule has 8 heteroatoms. The van der Waals surface area contributed by atoms with Crippen LogP contribution in [0.2, 0.25) is 0 Å². The number of pyridine rings is 1. The van der Waals surface area contributed by atoms with Crippen molar-refractivity contribution < 1.29 is 4.79 Å². The number of amides is 1. The summed E-state index contributed by atoms with van der Waals surface area (Å²) >= 11 is 1.47. The van der Waals surface area contributed by atoms with E-state index >= 15 is 0 Å². The Morgan fingerprint density at radius 2 is 2.08 bits per heavy atom. The largest absolute Gasteiger partial charge is 0.349 e. The van der Waals surface area contributed by atoms with Crippen LogP contribution in [-0.4, -0.2) is 44.3 Å². The van der Waals surface area contributed by atoms with Crippen LogP contribution in [0.15, 0.2) is 48.4 Å². The predicted molar refractivity (Wildman–Crippen MR) is 95.6 cm³/mol. The molecule has 7 nitrogen and oxygen atoms in total. The molecule has 3 aromatic heterocycles. The van der Waals surface area contributed by atoms with Crippen molar-refractivity contribution in [2.24, 2.45) is 0 Å². The third-order valence-electron chi connectivity index (χ3n) is 3.36. The molecule has 0 fully saturated rings. The van der Waals surface area contributed by atoms with Gasteiger partial charge in [0.25, 0.3) is 0 Å². The third kappa shape index (κ3) is 5.13. The van der Waals surface area contributed by atoms with Crippen LogP contribution in [0.3, 0.4) is 0 Å². The Morgan fingerprint density at radius 3 is 2.84 bits per heavy atom. The van der Waals surface area contributed by atoms with Crippen molar-refractivity contribution in [3.63, 3.8) is 0 Å². The number of hydrogen-bond acceptors (Lipinski definition) is 7. The standard InChI is InChI=1S/C17H18N6OS/c1-23(10-13-4-2-5-18-8-13)11-15(24)21-9-14-12-25-17(22-14)16-19-6-3-7-20-16/h2-8,12H,9-11H2,1H3,(H,21,24). The van der Waals surface area contributed by atoms with E-state index in [9.17, 15) is 4.79 Å². The zero-order valence-electron chi connectivity index (χ0n) is 13.8. The number of likely N-dealkylation sites (N-methyl/N-ethyl adjacent to an activating group) is 1. The molecule has 0 unspecified atom stereocenters. The van der Waals surface area contributed by atoms with Crippen molar-refractivity contribution in [1.82, 2.24) is 30.2 Å². The first-order valence-corrected chi connectivity index (χ1v) is 8.64. The molecule has 3 heterocycles. The second kappa shape index (κ2) is 8.41. The van der Waals surface area contributed by atoms with Crippen LogP contribution in [0.5, 0.6) is 0 Å². The smallest absolute Gasteiger partial charge is 0.234 e. The molecule has 1 N–H and O–H groups in total. The normalized spacial score (nSPS) is 10.8. The zero-order chi connectivity index (χ0) is 17.5. The lowest BCUT2D eigenvalue weighted by Gasteiger charge is -2.15. The van der Waals surface area contributed by atoms with Gasteiger partial charge in [0.05, 0.1) is 18.8 Å². The van der Waals surface area contributed by atoms with Gasteiger partial charge in [0.2, 0.25) is 5.91 Å². The summed E-state index contributed by atoms with van der Waals surface area (Å²) in [7, 11) is 1.90. The average molecular weight is 354 g/mol. The number of nitrogens with one attached hydrogen (secondary N) is 1. The molecule has 0 saturated heterocycles. The van der Waals surface area contributed by atoms with Crippen molar-refractivity contribution >= 4 is 17.2 Å². The van der Waals surface area contributed by atoms with E-state index in [1.165, 1.54) is 11.3 Å². The molecule has 0 spiro atoms. The topological polar surface area (TPSA) is 83.9 Å². The lowest BCUT2D eigenvalue weighted by atomic mass is 10.3. The van der Waals surface area contributed by atoms with Crippen LogP contribution in [-0.2, 0) is 17.9 Å². The summed E-state index contributed by atoms with van der Waals surface area (Å²) in [6, 6.07) is 5.64. The maximum atomic E-state index is 12.1. The van der Waals surface area contributed by atoms with Gasteiger partial charge >= 0.3 is 0 Å². The molecule has 25 heavy (non-hydrogen) atoms. The van der Waals surface area contributed by atoms with Crippen LogP contribution >= 0.6 is 11.3 Å². The molecule has 0 aliphatic rings. The number of thiazole rings is 1. The van der Waals surface area contributed by atoms with E-state index in [4.69, 9.17) is 0 Å². The van der Waals surface area contributed by atoms with Crippen molar-refractivity contribution in [1.29, 1.82) is 0 Å². The lowest BCUT2D eigenvalue weighted by Crippen LogP contribution is -2.34. The highest BCUT2D eigenvalue weighted by Crippen LogP contribution is 2.19. The molecule has 3 rings (SSSR count). The van der Waals surface area contributed by atoms with Gasteiger partial charge in [0.15, 0.2) is 10.8 Å². The molecular weight excluding hydrogens is 336 g/mol.